The van der Waals surface area contributed by atoms with Crippen LogP contribution in [0.25, 0.3) is 10.9 Å². The number of carbonyl (C=O) groups is 1. The lowest BCUT2D eigenvalue weighted by Crippen LogP contribution is -2.36. The van der Waals surface area contributed by atoms with Crippen molar-refractivity contribution in [2.45, 2.75) is 13.0 Å². The number of hydrogen-bond acceptors (Lipinski definition) is 3. The Morgan fingerprint density at radius 2 is 2.12 bits per heavy atom. The minimum absolute atomic E-state index is 0.181. The predicted octanol–water partition coefficient (Wildman–Crippen LogP) is 2.06. The highest BCUT2D eigenvalue weighted by Gasteiger charge is 2.25. The molecule has 0 fully saturated rings. The monoisotopic (exact) mass is 323 g/mol. The second kappa shape index (κ2) is 5.56. The van der Waals surface area contributed by atoms with Gasteiger partial charge in [-0.15, -0.1) is 0 Å². The number of H-pyrrole nitrogens is 2. The van der Waals surface area contributed by atoms with Crippen molar-refractivity contribution in [1.82, 2.24) is 14.9 Å². The van der Waals surface area contributed by atoms with Crippen LogP contribution in [0.1, 0.15) is 21.7 Å². The third-order valence-electron chi connectivity index (χ3n) is 4.50. The summed E-state index contributed by atoms with van der Waals surface area (Å²) < 4.78 is 4.93. The first kappa shape index (κ1) is 14.6. The number of aromatic amines is 2. The molecule has 1 aliphatic rings. The molecule has 0 aliphatic carbocycles. The standard InChI is InChI=1S/C18H17N3O3/c1-24-17-9-19-14(8-16(17)22)18(23)21-7-6-12-11-4-2-3-5-13(11)20-15(12)10-21/h2-5,8-9,20H,6-7,10H2,1H3,(H,19,22). The molecule has 122 valence electrons. The molecule has 0 radical (unpaired) electrons. The molecule has 6 nitrogen and oxygen atoms in total. The first-order valence-electron chi connectivity index (χ1n) is 7.82. The van der Waals surface area contributed by atoms with Crippen molar-refractivity contribution in [1.29, 1.82) is 0 Å². The van der Waals surface area contributed by atoms with Gasteiger partial charge in [-0.05, 0) is 18.1 Å². The molecule has 1 aromatic carbocycles. The molecule has 2 N–H and O–H groups in total. The van der Waals surface area contributed by atoms with Crippen LogP contribution in [0.15, 0.2) is 41.3 Å². The highest BCUT2D eigenvalue weighted by molar-refractivity contribution is 5.93. The van der Waals surface area contributed by atoms with Crippen LogP contribution in [0.3, 0.4) is 0 Å². The summed E-state index contributed by atoms with van der Waals surface area (Å²) in [6.45, 7) is 1.14. The van der Waals surface area contributed by atoms with Gasteiger partial charge in [-0.2, -0.15) is 0 Å². The van der Waals surface area contributed by atoms with E-state index in [1.54, 1.807) is 4.90 Å². The maximum atomic E-state index is 12.7. The summed E-state index contributed by atoms with van der Waals surface area (Å²) in [5, 5.41) is 1.22. The number of methoxy groups -OCH3 is 1. The number of fused-ring (bicyclic) bond motifs is 3. The Hall–Kier alpha value is -3.02. The average molecular weight is 323 g/mol. The molecular weight excluding hydrogens is 306 g/mol. The molecule has 0 unspecified atom stereocenters. The fraction of sp³-hybridized carbons (Fsp3) is 0.222. The fourth-order valence-corrected chi connectivity index (χ4v) is 3.28. The molecule has 3 aromatic rings. The largest absolute Gasteiger partial charge is 0.491 e. The number of rotatable bonds is 2. The summed E-state index contributed by atoms with van der Waals surface area (Å²) in [7, 11) is 1.42. The van der Waals surface area contributed by atoms with E-state index in [2.05, 4.69) is 16.0 Å². The summed E-state index contributed by atoms with van der Waals surface area (Å²) in [5.74, 6) is 0.0159. The van der Waals surface area contributed by atoms with E-state index in [4.69, 9.17) is 4.74 Å². The van der Waals surface area contributed by atoms with Gasteiger partial charge in [0, 0.05) is 35.4 Å². The zero-order valence-corrected chi connectivity index (χ0v) is 13.3. The number of para-hydroxylation sites is 1. The van der Waals surface area contributed by atoms with Gasteiger partial charge in [0.15, 0.2) is 5.75 Å². The lowest BCUT2D eigenvalue weighted by atomic mass is 10.0. The molecule has 0 atom stereocenters. The number of amides is 1. The molecule has 1 aliphatic heterocycles. The van der Waals surface area contributed by atoms with E-state index < -0.39 is 0 Å². The predicted molar refractivity (Wildman–Crippen MR) is 90.4 cm³/mol. The summed E-state index contributed by atoms with van der Waals surface area (Å²) in [4.78, 5) is 32.5. The quantitative estimate of drug-likeness (QED) is 0.758. The molecule has 0 spiro atoms. The molecule has 0 saturated carbocycles. The first-order chi connectivity index (χ1) is 11.7. The second-order valence-electron chi connectivity index (χ2n) is 5.88. The number of nitrogens with zero attached hydrogens (tertiary/aromatic N) is 1. The Labute approximate surface area is 138 Å². The molecule has 0 saturated heterocycles. The van der Waals surface area contributed by atoms with E-state index in [0.717, 1.165) is 17.6 Å². The number of carbonyl (C=O) groups excluding carboxylic acids is 1. The molecule has 4 rings (SSSR count). The van der Waals surface area contributed by atoms with Crippen LogP contribution >= 0.6 is 0 Å². The number of ether oxygens (including phenoxy) is 1. The van der Waals surface area contributed by atoms with Crippen LogP contribution in [-0.4, -0.2) is 34.4 Å². The Balaban J connectivity index is 1.63. The minimum Gasteiger partial charge on any atom is -0.491 e. The number of hydrogen-bond donors (Lipinski definition) is 2. The topological polar surface area (TPSA) is 78.2 Å². The fourth-order valence-electron chi connectivity index (χ4n) is 3.28. The van der Waals surface area contributed by atoms with Crippen molar-refractivity contribution < 1.29 is 9.53 Å². The van der Waals surface area contributed by atoms with Gasteiger partial charge in [0.1, 0.15) is 5.69 Å². The van der Waals surface area contributed by atoms with Gasteiger partial charge in [0.05, 0.1) is 13.7 Å². The van der Waals surface area contributed by atoms with Crippen LogP contribution in [0, 0.1) is 0 Å². The van der Waals surface area contributed by atoms with Crippen LogP contribution in [0.4, 0.5) is 0 Å². The lowest BCUT2D eigenvalue weighted by Gasteiger charge is -2.27. The second-order valence-corrected chi connectivity index (χ2v) is 5.88. The van der Waals surface area contributed by atoms with Gasteiger partial charge in [0.2, 0.25) is 5.43 Å². The van der Waals surface area contributed by atoms with Crippen LogP contribution in [-0.2, 0) is 13.0 Å². The van der Waals surface area contributed by atoms with Gasteiger partial charge in [-0.1, -0.05) is 18.2 Å². The van der Waals surface area contributed by atoms with Crippen molar-refractivity contribution in [2.24, 2.45) is 0 Å². The van der Waals surface area contributed by atoms with Crippen LogP contribution in [0.2, 0.25) is 0 Å². The summed E-state index contributed by atoms with van der Waals surface area (Å²) in [6.07, 6.45) is 2.22. The van der Waals surface area contributed by atoms with E-state index >= 15 is 0 Å². The SMILES string of the molecule is COc1c[nH]c(C(=O)N2CCc3c([nH]c4ccccc34)C2)cc1=O. The number of aromatic nitrogens is 2. The molecule has 3 heterocycles. The zero-order chi connectivity index (χ0) is 16.7. The maximum Gasteiger partial charge on any atom is 0.270 e. The Morgan fingerprint density at radius 3 is 2.92 bits per heavy atom. The zero-order valence-electron chi connectivity index (χ0n) is 13.3. The van der Waals surface area contributed by atoms with E-state index in [1.165, 1.54) is 30.3 Å². The third kappa shape index (κ3) is 2.27. The molecule has 2 aromatic heterocycles. The highest BCUT2D eigenvalue weighted by Crippen LogP contribution is 2.27. The lowest BCUT2D eigenvalue weighted by molar-refractivity contribution is 0.0727. The van der Waals surface area contributed by atoms with Crippen molar-refractivity contribution in [3.63, 3.8) is 0 Å². The number of pyridine rings is 1. The Kier molecular flexibility index (Phi) is 3.37. The average Bonchev–Trinajstić information content (AvgIpc) is 2.98. The van der Waals surface area contributed by atoms with Crippen molar-refractivity contribution >= 4 is 16.8 Å². The number of benzene rings is 1. The molecule has 6 heteroatoms. The smallest absolute Gasteiger partial charge is 0.270 e. The molecular formula is C18H17N3O3. The number of nitrogens with one attached hydrogen (secondary N) is 2. The van der Waals surface area contributed by atoms with Crippen molar-refractivity contribution in [3.8, 4) is 5.75 Å². The Morgan fingerprint density at radius 1 is 1.29 bits per heavy atom. The normalized spacial score (nSPS) is 13.8. The Bertz CT molecular complexity index is 987. The van der Waals surface area contributed by atoms with Gasteiger partial charge in [-0.3, -0.25) is 9.59 Å². The first-order valence-corrected chi connectivity index (χ1v) is 7.82. The van der Waals surface area contributed by atoms with E-state index in [1.807, 2.05) is 18.2 Å². The molecule has 24 heavy (non-hydrogen) atoms. The summed E-state index contributed by atoms with van der Waals surface area (Å²) in [5.41, 5.74) is 3.41. The van der Waals surface area contributed by atoms with E-state index in [0.29, 0.717) is 13.1 Å². The highest BCUT2D eigenvalue weighted by atomic mass is 16.5. The maximum absolute atomic E-state index is 12.7. The van der Waals surface area contributed by atoms with Gasteiger partial charge >= 0.3 is 0 Å². The van der Waals surface area contributed by atoms with Crippen molar-refractivity contribution in [3.05, 3.63) is 63.7 Å². The van der Waals surface area contributed by atoms with E-state index in [9.17, 15) is 9.59 Å². The third-order valence-corrected chi connectivity index (χ3v) is 4.50. The minimum atomic E-state index is -0.303. The summed E-state index contributed by atoms with van der Waals surface area (Å²) in [6, 6.07) is 9.46. The molecule has 1 amide bonds. The van der Waals surface area contributed by atoms with E-state index in [-0.39, 0.29) is 22.8 Å². The van der Waals surface area contributed by atoms with Crippen LogP contribution < -0.4 is 10.2 Å². The van der Waals surface area contributed by atoms with Crippen LogP contribution in [0.5, 0.6) is 5.75 Å². The molecule has 0 bridgehead atoms. The summed E-state index contributed by atoms with van der Waals surface area (Å²) >= 11 is 0. The van der Waals surface area contributed by atoms with Gasteiger partial charge in [0.25, 0.3) is 5.91 Å². The van der Waals surface area contributed by atoms with Gasteiger partial charge < -0.3 is 19.6 Å². The van der Waals surface area contributed by atoms with Gasteiger partial charge in [-0.25, -0.2) is 0 Å². The van der Waals surface area contributed by atoms with Crippen molar-refractivity contribution in [2.75, 3.05) is 13.7 Å².